The molecule has 2 rings (SSSR count). The van der Waals surface area contributed by atoms with Crippen molar-refractivity contribution in [1.29, 1.82) is 0 Å². The van der Waals surface area contributed by atoms with E-state index in [0.29, 0.717) is 11.9 Å². The summed E-state index contributed by atoms with van der Waals surface area (Å²) in [5.41, 5.74) is 0. The minimum atomic E-state index is 0.375. The molecule has 3 heteroatoms. The minimum absolute atomic E-state index is 0.375. The number of rotatable bonds is 1. The van der Waals surface area contributed by atoms with Gasteiger partial charge in [-0.05, 0) is 32.9 Å². The average Bonchev–Trinajstić information content (AvgIpc) is 2.51. The van der Waals surface area contributed by atoms with Crippen LogP contribution in [0.2, 0.25) is 0 Å². The smallest absolute Gasteiger partial charge is 0.222 e. The Balaban J connectivity index is 1.95. The molecule has 2 aliphatic rings. The van der Waals surface area contributed by atoms with E-state index in [2.05, 4.69) is 16.8 Å². The molecule has 13 heavy (non-hydrogen) atoms. The Kier molecular flexibility index (Phi) is 2.54. The van der Waals surface area contributed by atoms with Crippen molar-refractivity contribution in [2.24, 2.45) is 0 Å². The van der Waals surface area contributed by atoms with E-state index in [0.717, 1.165) is 25.9 Å². The van der Waals surface area contributed by atoms with Gasteiger partial charge in [-0.2, -0.15) is 0 Å². The summed E-state index contributed by atoms with van der Waals surface area (Å²) in [5, 5.41) is 0. The second-order valence-electron chi connectivity index (χ2n) is 4.25. The lowest BCUT2D eigenvalue weighted by atomic mass is 10.1. The maximum Gasteiger partial charge on any atom is 0.222 e. The van der Waals surface area contributed by atoms with Crippen molar-refractivity contribution in [3.05, 3.63) is 0 Å². The quantitative estimate of drug-likeness (QED) is 0.596. The van der Waals surface area contributed by atoms with Crippen molar-refractivity contribution < 1.29 is 4.79 Å². The molecule has 0 N–H and O–H groups in total. The lowest BCUT2D eigenvalue weighted by Crippen LogP contribution is -2.47. The molecule has 0 saturated carbocycles. The van der Waals surface area contributed by atoms with Crippen molar-refractivity contribution >= 4 is 5.91 Å². The second-order valence-corrected chi connectivity index (χ2v) is 4.25. The van der Waals surface area contributed by atoms with Crippen LogP contribution in [0.1, 0.15) is 25.7 Å². The summed E-state index contributed by atoms with van der Waals surface area (Å²) in [4.78, 5) is 15.9. The Morgan fingerprint density at radius 1 is 1.31 bits per heavy atom. The molecule has 3 nitrogen and oxygen atoms in total. The molecule has 0 aromatic rings. The Hall–Kier alpha value is -0.570. The average molecular weight is 182 g/mol. The van der Waals surface area contributed by atoms with Crippen molar-refractivity contribution in [3.63, 3.8) is 0 Å². The summed E-state index contributed by atoms with van der Waals surface area (Å²) in [6.45, 7) is 3.27. The van der Waals surface area contributed by atoms with Crippen LogP contribution in [0.5, 0.6) is 0 Å². The zero-order valence-corrected chi connectivity index (χ0v) is 8.33. The molecule has 2 fully saturated rings. The van der Waals surface area contributed by atoms with Gasteiger partial charge in [-0.15, -0.1) is 0 Å². The van der Waals surface area contributed by atoms with Crippen LogP contribution in [-0.2, 0) is 4.79 Å². The second kappa shape index (κ2) is 3.66. The summed E-state index contributed by atoms with van der Waals surface area (Å²) in [6.07, 6.45) is 4.29. The van der Waals surface area contributed by atoms with Crippen LogP contribution in [0, 0.1) is 0 Å². The summed E-state index contributed by atoms with van der Waals surface area (Å²) < 4.78 is 0. The number of nitrogens with zero attached hydrogens (tertiary/aromatic N) is 2. The van der Waals surface area contributed by atoms with Gasteiger partial charge in [0.1, 0.15) is 0 Å². The van der Waals surface area contributed by atoms with E-state index >= 15 is 0 Å². The molecule has 74 valence electrons. The van der Waals surface area contributed by atoms with Gasteiger partial charge in [0.2, 0.25) is 5.91 Å². The maximum atomic E-state index is 11.5. The van der Waals surface area contributed by atoms with Crippen LogP contribution in [0.25, 0.3) is 0 Å². The van der Waals surface area contributed by atoms with Crippen LogP contribution < -0.4 is 0 Å². The number of piperidine rings is 1. The predicted molar refractivity (Wildman–Crippen MR) is 51.5 cm³/mol. The zero-order valence-electron chi connectivity index (χ0n) is 8.33. The Bertz CT molecular complexity index is 205. The number of likely N-dealkylation sites (N-methyl/N-ethyl adjacent to an activating group) is 1. The number of amides is 1. The molecule has 2 saturated heterocycles. The van der Waals surface area contributed by atoms with Crippen LogP contribution in [-0.4, -0.2) is 48.4 Å². The van der Waals surface area contributed by atoms with Gasteiger partial charge in [-0.3, -0.25) is 4.79 Å². The van der Waals surface area contributed by atoms with Crippen LogP contribution in [0.15, 0.2) is 0 Å². The molecule has 2 aliphatic heterocycles. The zero-order chi connectivity index (χ0) is 9.26. The Morgan fingerprint density at radius 3 is 2.77 bits per heavy atom. The van der Waals surface area contributed by atoms with Crippen molar-refractivity contribution in [1.82, 2.24) is 9.80 Å². The summed E-state index contributed by atoms with van der Waals surface area (Å²) in [5.74, 6) is 0.375. The van der Waals surface area contributed by atoms with E-state index in [9.17, 15) is 4.79 Å². The molecule has 0 radical (unpaired) electrons. The van der Waals surface area contributed by atoms with Gasteiger partial charge in [0, 0.05) is 25.6 Å². The summed E-state index contributed by atoms with van der Waals surface area (Å²) in [7, 11) is 2.15. The fourth-order valence-electron chi connectivity index (χ4n) is 2.45. The van der Waals surface area contributed by atoms with E-state index in [1.807, 2.05) is 0 Å². The van der Waals surface area contributed by atoms with Crippen LogP contribution in [0.3, 0.4) is 0 Å². The van der Waals surface area contributed by atoms with Crippen molar-refractivity contribution in [2.45, 2.75) is 31.7 Å². The number of likely N-dealkylation sites (tertiary alicyclic amines) is 2. The standard InChI is InChI=1S/C10H18N2O/c1-11-6-2-4-9(8-11)12-7-3-5-10(12)13/h9H,2-8H2,1H3/t9-/m0/s1. The topological polar surface area (TPSA) is 23.6 Å². The van der Waals surface area contributed by atoms with E-state index in [-0.39, 0.29) is 0 Å². The Labute approximate surface area is 79.7 Å². The monoisotopic (exact) mass is 182 g/mol. The lowest BCUT2D eigenvalue weighted by Gasteiger charge is -2.35. The van der Waals surface area contributed by atoms with Gasteiger partial charge in [-0.25, -0.2) is 0 Å². The van der Waals surface area contributed by atoms with Crippen LogP contribution >= 0.6 is 0 Å². The molecular weight excluding hydrogens is 164 g/mol. The molecule has 0 aliphatic carbocycles. The van der Waals surface area contributed by atoms with Gasteiger partial charge >= 0.3 is 0 Å². The van der Waals surface area contributed by atoms with Gasteiger partial charge in [0.15, 0.2) is 0 Å². The molecule has 1 amide bonds. The number of hydrogen-bond donors (Lipinski definition) is 0. The van der Waals surface area contributed by atoms with Gasteiger partial charge in [0.05, 0.1) is 0 Å². The summed E-state index contributed by atoms with van der Waals surface area (Å²) in [6, 6.07) is 0.508. The highest BCUT2D eigenvalue weighted by Crippen LogP contribution is 2.20. The highest BCUT2D eigenvalue weighted by Gasteiger charge is 2.29. The van der Waals surface area contributed by atoms with Crippen LogP contribution in [0.4, 0.5) is 0 Å². The largest absolute Gasteiger partial charge is 0.338 e. The minimum Gasteiger partial charge on any atom is -0.338 e. The maximum absolute atomic E-state index is 11.5. The van der Waals surface area contributed by atoms with Gasteiger partial charge in [-0.1, -0.05) is 0 Å². The highest BCUT2D eigenvalue weighted by molar-refractivity contribution is 5.78. The SMILES string of the molecule is CN1CCC[C@H](N2CCCC2=O)C1. The first-order valence-corrected chi connectivity index (χ1v) is 5.25. The highest BCUT2D eigenvalue weighted by atomic mass is 16.2. The fourth-order valence-corrected chi connectivity index (χ4v) is 2.45. The number of hydrogen-bond acceptors (Lipinski definition) is 2. The van der Waals surface area contributed by atoms with Crippen molar-refractivity contribution in [2.75, 3.05) is 26.7 Å². The predicted octanol–water partition coefficient (Wildman–Crippen LogP) is 0.703. The number of carbonyl (C=O) groups excluding carboxylic acids is 1. The van der Waals surface area contributed by atoms with Crippen molar-refractivity contribution in [3.8, 4) is 0 Å². The van der Waals surface area contributed by atoms with E-state index in [4.69, 9.17) is 0 Å². The molecule has 0 bridgehead atoms. The normalized spacial score (nSPS) is 31.3. The fraction of sp³-hybridized carbons (Fsp3) is 0.900. The third-order valence-corrected chi connectivity index (χ3v) is 3.15. The first-order chi connectivity index (χ1) is 6.27. The molecule has 0 aromatic heterocycles. The molecular formula is C10H18N2O. The number of carbonyl (C=O) groups is 1. The molecule has 1 atom stereocenters. The summed E-state index contributed by atoms with van der Waals surface area (Å²) >= 11 is 0. The third-order valence-electron chi connectivity index (χ3n) is 3.15. The third kappa shape index (κ3) is 1.85. The van der Waals surface area contributed by atoms with E-state index < -0.39 is 0 Å². The van der Waals surface area contributed by atoms with E-state index in [1.165, 1.54) is 19.4 Å². The lowest BCUT2D eigenvalue weighted by molar-refractivity contribution is -0.130. The van der Waals surface area contributed by atoms with E-state index in [1.54, 1.807) is 0 Å². The Morgan fingerprint density at radius 2 is 2.15 bits per heavy atom. The van der Waals surface area contributed by atoms with Gasteiger partial charge < -0.3 is 9.80 Å². The first-order valence-electron chi connectivity index (χ1n) is 5.25. The molecule has 2 heterocycles. The molecule has 0 unspecified atom stereocenters. The van der Waals surface area contributed by atoms with Gasteiger partial charge in [0.25, 0.3) is 0 Å². The molecule has 0 aromatic carbocycles. The molecule has 0 spiro atoms. The first kappa shape index (κ1) is 9.00.